The van der Waals surface area contributed by atoms with E-state index in [0.717, 1.165) is 29.8 Å². The molecule has 0 spiro atoms. The Bertz CT molecular complexity index is 1110. The summed E-state index contributed by atoms with van der Waals surface area (Å²) in [6, 6.07) is 4.97. The van der Waals surface area contributed by atoms with Gasteiger partial charge in [0.1, 0.15) is 11.9 Å². The van der Waals surface area contributed by atoms with Crippen molar-refractivity contribution in [2.45, 2.75) is 26.1 Å². The monoisotopic (exact) mass is 391 g/mol. The van der Waals surface area contributed by atoms with Crippen LogP contribution in [-0.4, -0.2) is 32.7 Å². The normalized spacial score (nSPS) is 12.6. The van der Waals surface area contributed by atoms with Crippen molar-refractivity contribution in [1.82, 2.24) is 19.9 Å². The molecule has 0 aliphatic heterocycles. The van der Waals surface area contributed by atoms with Crippen molar-refractivity contribution < 1.29 is 22.4 Å². The van der Waals surface area contributed by atoms with E-state index in [-0.39, 0.29) is 22.6 Å². The fraction of sp³-hybridized carbons (Fsp3) is 0.222. The summed E-state index contributed by atoms with van der Waals surface area (Å²) < 4.78 is 52.6. The molecule has 0 fully saturated rings. The number of hydrogen-bond donors (Lipinski definition) is 1. The molecular weight excluding hydrogens is 378 g/mol. The fourth-order valence-corrected chi connectivity index (χ4v) is 2.59. The lowest BCUT2D eigenvalue weighted by Gasteiger charge is -2.16. The van der Waals surface area contributed by atoms with Crippen molar-refractivity contribution in [3.63, 3.8) is 0 Å². The van der Waals surface area contributed by atoms with Crippen molar-refractivity contribution >= 4 is 11.6 Å². The molecule has 1 amide bonds. The quantitative estimate of drug-likeness (QED) is 0.694. The molecule has 0 aliphatic carbocycles. The van der Waals surface area contributed by atoms with Gasteiger partial charge in [0.05, 0.1) is 23.5 Å². The van der Waals surface area contributed by atoms with Crippen LogP contribution in [-0.2, 0) is 0 Å². The van der Waals surface area contributed by atoms with Crippen LogP contribution in [0.2, 0.25) is 0 Å². The number of benzene rings is 1. The number of nitrogens with zero attached hydrogens (tertiary/aromatic N) is 4. The van der Waals surface area contributed by atoms with Crippen molar-refractivity contribution in [1.29, 1.82) is 5.26 Å². The average molecular weight is 391 g/mol. The Hall–Kier alpha value is -3.48. The first kappa shape index (κ1) is 19.3. The molecule has 0 bridgehead atoms. The van der Waals surface area contributed by atoms with Crippen molar-refractivity contribution in [2.24, 2.45) is 0 Å². The maximum Gasteiger partial charge on any atom is 0.408 e. The Labute approximate surface area is 156 Å². The molecule has 0 saturated heterocycles. The molecule has 1 aromatic carbocycles. The number of amides is 1. The highest BCUT2D eigenvalue weighted by Gasteiger charge is 2.37. The summed E-state index contributed by atoms with van der Waals surface area (Å²) in [4.78, 5) is 16.3. The molecule has 1 atom stereocenters. The molecule has 1 N–H and O–H groups in total. The number of alkyl halides is 3. The summed E-state index contributed by atoms with van der Waals surface area (Å²) >= 11 is 0. The van der Waals surface area contributed by atoms with E-state index < -0.39 is 23.9 Å². The second-order valence-corrected chi connectivity index (χ2v) is 6.13. The van der Waals surface area contributed by atoms with E-state index in [1.165, 1.54) is 6.07 Å². The van der Waals surface area contributed by atoms with Crippen LogP contribution in [0.25, 0.3) is 16.9 Å². The van der Waals surface area contributed by atoms with Gasteiger partial charge in [0, 0.05) is 5.56 Å². The molecule has 6 nitrogen and oxygen atoms in total. The zero-order chi connectivity index (χ0) is 20.6. The number of hydrogen-bond acceptors (Lipinski definition) is 4. The lowest BCUT2D eigenvalue weighted by atomic mass is 10.0. The first-order valence-electron chi connectivity index (χ1n) is 8.05. The number of rotatable bonds is 3. The van der Waals surface area contributed by atoms with Crippen molar-refractivity contribution in [2.75, 3.05) is 0 Å². The summed E-state index contributed by atoms with van der Waals surface area (Å²) in [6.45, 7) is 2.49. The smallest absolute Gasteiger partial charge is 0.339 e. The van der Waals surface area contributed by atoms with Gasteiger partial charge in [0.2, 0.25) is 0 Å². The first-order valence-corrected chi connectivity index (χ1v) is 8.05. The van der Waals surface area contributed by atoms with Gasteiger partial charge in [-0.15, -0.1) is 0 Å². The highest BCUT2D eigenvalue weighted by molar-refractivity contribution is 5.93. The SMILES string of the molecule is Cc1cc(-c2ccc(F)cc2C#N)nn2c(C(=O)N[C@@H](C)C(F)(F)F)cnc12. The Morgan fingerprint density at radius 2 is 2.04 bits per heavy atom. The number of aryl methyl sites for hydroxylation is 1. The van der Waals surface area contributed by atoms with Crippen LogP contribution >= 0.6 is 0 Å². The van der Waals surface area contributed by atoms with E-state index in [9.17, 15) is 27.6 Å². The van der Waals surface area contributed by atoms with Gasteiger partial charge in [-0.1, -0.05) is 0 Å². The Balaban J connectivity index is 2.10. The van der Waals surface area contributed by atoms with Gasteiger partial charge >= 0.3 is 6.18 Å². The lowest BCUT2D eigenvalue weighted by molar-refractivity contribution is -0.149. The van der Waals surface area contributed by atoms with Gasteiger partial charge in [-0.3, -0.25) is 4.79 Å². The zero-order valence-electron chi connectivity index (χ0n) is 14.7. The van der Waals surface area contributed by atoms with Crippen LogP contribution in [0.1, 0.15) is 28.5 Å². The largest absolute Gasteiger partial charge is 0.408 e. The summed E-state index contributed by atoms with van der Waals surface area (Å²) in [5.74, 6) is -1.59. The van der Waals surface area contributed by atoms with E-state index in [1.54, 1.807) is 13.0 Å². The third-order valence-electron chi connectivity index (χ3n) is 4.10. The number of nitriles is 1. The zero-order valence-corrected chi connectivity index (χ0v) is 14.7. The topological polar surface area (TPSA) is 83.1 Å². The molecule has 28 heavy (non-hydrogen) atoms. The van der Waals surface area contributed by atoms with Crippen molar-refractivity contribution in [3.8, 4) is 17.3 Å². The standard InChI is InChI=1S/C18H13F4N5O/c1-9-5-14(13-4-3-12(19)6-11(13)7-23)26-27-15(8-24-16(9)27)17(28)25-10(2)18(20,21)22/h3-6,8,10H,1-2H3,(H,25,28)/t10-/m0/s1. The first-order chi connectivity index (χ1) is 13.1. The predicted octanol–water partition coefficient (Wildman–Crippen LogP) is 3.40. The van der Waals surface area contributed by atoms with E-state index in [0.29, 0.717) is 11.1 Å². The molecule has 144 valence electrons. The third kappa shape index (κ3) is 3.51. The molecule has 0 saturated carbocycles. The van der Waals surface area contributed by atoms with Crippen molar-refractivity contribution in [3.05, 3.63) is 53.1 Å². The molecule has 2 heterocycles. The van der Waals surface area contributed by atoms with Gasteiger partial charge in [0.15, 0.2) is 11.3 Å². The third-order valence-corrected chi connectivity index (χ3v) is 4.10. The number of halogens is 4. The Kier molecular flexibility index (Phi) is 4.77. The maximum atomic E-state index is 13.4. The highest BCUT2D eigenvalue weighted by Crippen LogP contribution is 2.25. The van der Waals surface area contributed by atoms with Crippen LogP contribution in [0.3, 0.4) is 0 Å². The molecular formula is C18H13F4N5O. The van der Waals surface area contributed by atoms with Gasteiger partial charge < -0.3 is 5.32 Å². The molecule has 0 aliphatic rings. The van der Waals surface area contributed by atoms with Gasteiger partial charge in [-0.05, 0) is 43.7 Å². The van der Waals surface area contributed by atoms with Crippen LogP contribution in [0.15, 0.2) is 30.5 Å². The van der Waals surface area contributed by atoms with E-state index in [2.05, 4.69) is 10.1 Å². The van der Waals surface area contributed by atoms with Crippen LogP contribution in [0.4, 0.5) is 17.6 Å². The number of nitrogens with one attached hydrogen (secondary N) is 1. The minimum atomic E-state index is -4.60. The Morgan fingerprint density at radius 1 is 1.32 bits per heavy atom. The van der Waals surface area contributed by atoms with Gasteiger partial charge in [0.25, 0.3) is 5.91 Å². The molecule has 10 heteroatoms. The molecule has 2 aromatic heterocycles. The van der Waals surface area contributed by atoms with E-state index >= 15 is 0 Å². The minimum absolute atomic E-state index is 0.0306. The number of carbonyl (C=O) groups excluding carboxylic acids is 1. The van der Waals surface area contributed by atoms with E-state index in [4.69, 9.17) is 0 Å². The predicted molar refractivity (Wildman–Crippen MR) is 90.8 cm³/mol. The van der Waals surface area contributed by atoms with Crippen LogP contribution in [0, 0.1) is 24.1 Å². The molecule has 3 aromatic rings. The number of imidazole rings is 1. The van der Waals surface area contributed by atoms with Gasteiger partial charge in [-0.2, -0.15) is 23.5 Å². The summed E-state index contributed by atoms with van der Waals surface area (Å²) in [7, 11) is 0. The molecule has 0 radical (unpaired) electrons. The maximum absolute atomic E-state index is 13.4. The summed E-state index contributed by atoms with van der Waals surface area (Å²) in [5, 5.41) is 15.3. The van der Waals surface area contributed by atoms with Gasteiger partial charge in [-0.25, -0.2) is 13.9 Å². The minimum Gasteiger partial charge on any atom is -0.339 e. The van der Waals surface area contributed by atoms with E-state index in [1.807, 2.05) is 11.4 Å². The fourth-order valence-electron chi connectivity index (χ4n) is 2.59. The summed E-state index contributed by atoms with van der Waals surface area (Å²) in [6.07, 6.45) is -3.48. The number of carbonyl (C=O) groups is 1. The molecule has 0 unspecified atom stereocenters. The summed E-state index contributed by atoms with van der Waals surface area (Å²) in [5.41, 5.74) is 1.24. The molecule has 3 rings (SSSR count). The number of aromatic nitrogens is 3. The second-order valence-electron chi connectivity index (χ2n) is 6.13. The second kappa shape index (κ2) is 6.92. The Morgan fingerprint density at radius 3 is 2.68 bits per heavy atom. The average Bonchev–Trinajstić information content (AvgIpc) is 3.05. The van der Waals surface area contributed by atoms with Crippen LogP contribution in [0.5, 0.6) is 0 Å². The number of fused-ring (bicyclic) bond motifs is 1. The van der Waals surface area contributed by atoms with Crippen LogP contribution < -0.4 is 5.32 Å². The lowest BCUT2D eigenvalue weighted by Crippen LogP contribution is -2.43. The highest BCUT2D eigenvalue weighted by atomic mass is 19.4.